The van der Waals surface area contributed by atoms with E-state index >= 15 is 0 Å². The molecule has 0 N–H and O–H groups in total. The molecule has 0 saturated carbocycles. The molecule has 0 radical (unpaired) electrons. The van der Waals surface area contributed by atoms with Gasteiger partial charge in [-0.25, -0.2) is 4.99 Å². The van der Waals surface area contributed by atoms with E-state index in [0.29, 0.717) is 12.3 Å². The molecular formula is C58H44N2O2. The summed E-state index contributed by atoms with van der Waals surface area (Å²) in [6.45, 7) is 8.76. The van der Waals surface area contributed by atoms with Crippen LogP contribution in [0.4, 0.5) is 11.4 Å². The topological polar surface area (TPSA) is 38.0 Å². The molecule has 62 heavy (non-hydrogen) atoms. The number of fused-ring (bicyclic) bond motifs is 7. The van der Waals surface area contributed by atoms with Gasteiger partial charge >= 0.3 is 0 Å². The van der Waals surface area contributed by atoms with Gasteiger partial charge in [0.15, 0.2) is 0 Å². The van der Waals surface area contributed by atoms with Crippen LogP contribution >= 0.6 is 0 Å². The minimum absolute atomic E-state index is 0.141. The van der Waals surface area contributed by atoms with Crippen molar-refractivity contribution in [3.63, 3.8) is 0 Å². The van der Waals surface area contributed by atoms with Gasteiger partial charge in [-0.3, -0.25) is 0 Å². The molecule has 0 amide bonds. The second kappa shape index (κ2) is 15.1. The third kappa shape index (κ3) is 6.35. The second-order valence-electron chi connectivity index (χ2n) is 16.7. The van der Waals surface area contributed by atoms with E-state index in [4.69, 9.17) is 14.1 Å². The average Bonchev–Trinajstić information content (AvgIpc) is 3.99. The summed E-state index contributed by atoms with van der Waals surface area (Å²) in [6, 6.07) is 58.1. The number of anilines is 2. The highest BCUT2D eigenvalue weighted by Crippen LogP contribution is 2.51. The van der Waals surface area contributed by atoms with E-state index in [-0.39, 0.29) is 11.5 Å². The molecule has 4 heteroatoms. The van der Waals surface area contributed by atoms with Crippen molar-refractivity contribution in [3.8, 4) is 33.4 Å². The number of ether oxygens (including phenoxy) is 1. The van der Waals surface area contributed by atoms with Crippen LogP contribution in [-0.2, 0) is 10.2 Å². The molecule has 3 aliphatic rings. The first-order valence-electron chi connectivity index (χ1n) is 21.3. The summed E-state index contributed by atoms with van der Waals surface area (Å²) in [7, 11) is 0. The molecule has 11 rings (SSSR count). The van der Waals surface area contributed by atoms with Crippen LogP contribution in [0.2, 0.25) is 0 Å². The van der Waals surface area contributed by atoms with E-state index in [1.807, 2.05) is 42.5 Å². The maximum absolute atomic E-state index is 6.81. The van der Waals surface area contributed by atoms with Crippen molar-refractivity contribution in [1.82, 2.24) is 0 Å². The maximum Gasteiger partial charge on any atom is 0.222 e. The lowest BCUT2D eigenvalue weighted by molar-refractivity contribution is 0.411. The van der Waals surface area contributed by atoms with Gasteiger partial charge in [-0.05, 0) is 81.4 Å². The van der Waals surface area contributed by atoms with Crippen LogP contribution in [0.25, 0.3) is 61.4 Å². The first-order chi connectivity index (χ1) is 30.4. The second-order valence-corrected chi connectivity index (χ2v) is 16.7. The number of aliphatic imine (C=N–C) groups is 1. The standard InChI is InChI=1S/C58H44N2O2/c1-4-39(21-13-18-38-16-7-5-8-17-38)57-59-53-37-44(33-35-54(53)61-57)60(43-32-34-48-47-22-11-12-27-51(47)58(2,3)52(48)36-43)42-30-28-41(29-31-42)46-24-15-26-50-49-25-14-23-45(55(49)62-56(46)50)40-19-9-6-10-20-40/h4-36,53H,1,37H2,2-3H3/b18-13+,39-21+. The molecule has 8 aromatic rings. The molecule has 298 valence electrons. The summed E-state index contributed by atoms with van der Waals surface area (Å²) in [4.78, 5) is 7.53. The van der Waals surface area contributed by atoms with Gasteiger partial charge < -0.3 is 14.1 Å². The van der Waals surface area contributed by atoms with Gasteiger partial charge in [0.05, 0.1) is 0 Å². The Kier molecular flexibility index (Phi) is 9.09. The van der Waals surface area contributed by atoms with Crippen molar-refractivity contribution in [2.75, 3.05) is 4.90 Å². The first kappa shape index (κ1) is 37.3. The van der Waals surface area contributed by atoms with Gasteiger partial charge in [0, 0.05) is 56.4 Å². The zero-order chi connectivity index (χ0) is 41.8. The Morgan fingerprint density at radius 2 is 1.27 bits per heavy atom. The number of furan rings is 1. The molecular weight excluding hydrogens is 757 g/mol. The van der Waals surface area contributed by atoms with E-state index in [2.05, 4.69) is 183 Å². The van der Waals surface area contributed by atoms with Crippen molar-refractivity contribution >= 4 is 45.3 Å². The van der Waals surface area contributed by atoms with Crippen molar-refractivity contribution < 1.29 is 9.15 Å². The number of benzene rings is 7. The molecule has 0 fully saturated rings. The van der Waals surface area contributed by atoms with E-state index in [1.165, 1.54) is 22.3 Å². The number of hydrogen-bond donors (Lipinski definition) is 0. The van der Waals surface area contributed by atoms with E-state index in [1.54, 1.807) is 0 Å². The Hall–Kier alpha value is -7.69. The minimum atomic E-state index is -0.158. The highest BCUT2D eigenvalue weighted by atomic mass is 16.5. The monoisotopic (exact) mass is 800 g/mol. The number of para-hydroxylation sites is 2. The van der Waals surface area contributed by atoms with Gasteiger partial charge in [0.1, 0.15) is 23.0 Å². The number of rotatable bonds is 9. The largest absolute Gasteiger partial charge is 0.455 e. The van der Waals surface area contributed by atoms with Crippen LogP contribution in [-0.4, -0.2) is 11.9 Å². The predicted molar refractivity (Wildman–Crippen MR) is 258 cm³/mol. The quantitative estimate of drug-likeness (QED) is 0.136. The molecule has 2 heterocycles. The summed E-state index contributed by atoms with van der Waals surface area (Å²) >= 11 is 0. The van der Waals surface area contributed by atoms with Crippen LogP contribution in [0, 0.1) is 0 Å². The van der Waals surface area contributed by atoms with E-state index in [9.17, 15) is 0 Å². The maximum atomic E-state index is 6.81. The van der Waals surface area contributed by atoms with E-state index < -0.39 is 0 Å². The lowest BCUT2D eigenvalue weighted by atomic mass is 9.82. The Bertz CT molecular complexity index is 3210. The molecule has 0 spiro atoms. The predicted octanol–water partition coefficient (Wildman–Crippen LogP) is 15.2. The zero-order valence-corrected chi connectivity index (χ0v) is 34.8. The molecule has 7 aromatic carbocycles. The highest BCUT2D eigenvalue weighted by Gasteiger charge is 2.37. The summed E-state index contributed by atoms with van der Waals surface area (Å²) in [6.07, 6.45) is 12.9. The van der Waals surface area contributed by atoms with Crippen molar-refractivity contribution in [2.45, 2.75) is 31.7 Å². The number of hydrogen-bond acceptors (Lipinski definition) is 4. The fourth-order valence-electron chi connectivity index (χ4n) is 9.49. The number of allylic oxidation sites excluding steroid dienone is 4. The van der Waals surface area contributed by atoms with Crippen molar-refractivity contribution in [1.29, 1.82) is 0 Å². The minimum Gasteiger partial charge on any atom is -0.455 e. The Labute approximate surface area is 362 Å². The van der Waals surface area contributed by atoms with Crippen molar-refractivity contribution in [3.05, 3.63) is 234 Å². The van der Waals surface area contributed by atoms with Gasteiger partial charge in [-0.15, -0.1) is 0 Å². The molecule has 0 bridgehead atoms. The van der Waals surface area contributed by atoms with Crippen LogP contribution in [0.1, 0.15) is 37.0 Å². The average molecular weight is 801 g/mol. The molecule has 1 unspecified atom stereocenters. The van der Waals surface area contributed by atoms with Crippen LogP contribution < -0.4 is 4.90 Å². The van der Waals surface area contributed by atoms with Gasteiger partial charge in [0.25, 0.3) is 0 Å². The first-order valence-corrected chi connectivity index (χ1v) is 21.3. The third-order valence-corrected chi connectivity index (χ3v) is 12.6. The molecule has 4 nitrogen and oxygen atoms in total. The molecule has 1 aromatic heterocycles. The van der Waals surface area contributed by atoms with Crippen LogP contribution in [0.3, 0.4) is 0 Å². The smallest absolute Gasteiger partial charge is 0.222 e. The Balaban J connectivity index is 0.967. The number of nitrogens with zero attached hydrogens (tertiary/aromatic N) is 2. The molecule has 2 aliphatic carbocycles. The summed E-state index contributed by atoms with van der Waals surface area (Å²) < 4.78 is 13.2. The van der Waals surface area contributed by atoms with Gasteiger partial charge in [-0.1, -0.05) is 178 Å². The summed E-state index contributed by atoms with van der Waals surface area (Å²) in [5, 5.41) is 2.23. The van der Waals surface area contributed by atoms with Crippen LogP contribution in [0.5, 0.6) is 0 Å². The van der Waals surface area contributed by atoms with Gasteiger partial charge in [0.2, 0.25) is 5.90 Å². The fraction of sp³-hybridized carbons (Fsp3) is 0.0862. The summed E-state index contributed by atoms with van der Waals surface area (Å²) in [5.74, 6) is 1.44. The highest BCUT2D eigenvalue weighted by molar-refractivity contribution is 6.13. The molecule has 1 atom stereocenters. The Morgan fingerprint density at radius 1 is 0.645 bits per heavy atom. The summed E-state index contributed by atoms with van der Waals surface area (Å²) in [5.41, 5.74) is 16.6. The van der Waals surface area contributed by atoms with Crippen LogP contribution in [0.15, 0.2) is 227 Å². The zero-order valence-electron chi connectivity index (χ0n) is 34.8. The SMILES string of the molecule is C=C/C(=C\C=C\c1ccccc1)C1=NC2CC(N(c3ccc(-c4cccc5c4oc4c(-c6ccccc6)cccc45)cc3)c3ccc4c(c3)C(C)(C)c3ccccc3-4)=CC=C2O1. The Morgan fingerprint density at radius 3 is 2.00 bits per heavy atom. The fourth-order valence-corrected chi connectivity index (χ4v) is 9.49. The molecule has 1 aliphatic heterocycles. The third-order valence-electron chi connectivity index (χ3n) is 12.6. The normalized spacial score (nSPS) is 16.3. The van der Waals surface area contributed by atoms with E-state index in [0.717, 1.165) is 78.2 Å². The lowest BCUT2D eigenvalue weighted by Gasteiger charge is -2.32. The van der Waals surface area contributed by atoms with Crippen molar-refractivity contribution in [2.24, 2.45) is 4.99 Å². The molecule has 0 saturated heterocycles. The lowest BCUT2D eigenvalue weighted by Crippen LogP contribution is -2.23. The van der Waals surface area contributed by atoms with Gasteiger partial charge in [-0.2, -0.15) is 0 Å².